The van der Waals surface area contributed by atoms with Gasteiger partial charge >= 0.3 is 5.97 Å². The molecule has 0 spiro atoms. The molecule has 0 saturated heterocycles. The molecule has 0 unspecified atom stereocenters. The number of aryl methyl sites for hydroxylation is 1. The molecule has 10 heteroatoms. The largest absolute Gasteiger partial charge is 0.468 e. The summed E-state index contributed by atoms with van der Waals surface area (Å²) in [4.78, 5) is 35.8. The lowest BCUT2D eigenvalue weighted by Gasteiger charge is -2.08. The van der Waals surface area contributed by atoms with Gasteiger partial charge in [-0.05, 0) is 56.3 Å². The van der Waals surface area contributed by atoms with Crippen LogP contribution in [0.1, 0.15) is 27.3 Å². The molecule has 2 N–H and O–H groups in total. The van der Waals surface area contributed by atoms with Gasteiger partial charge in [0.25, 0.3) is 5.91 Å². The summed E-state index contributed by atoms with van der Waals surface area (Å²) < 4.78 is 6.21. The molecular weight excluding hydrogens is 467 g/mol. The first-order chi connectivity index (χ1) is 15.7. The summed E-state index contributed by atoms with van der Waals surface area (Å²) in [6.07, 6.45) is 0.125. The molecule has 0 aliphatic carbocycles. The molecular formula is C23H22Cl2N4O4. The van der Waals surface area contributed by atoms with Crippen LogP contribution in [0, 0.1) is 13.8 Å². The third-order valence-electron chi connectivity index (χ3n) is 4.98. The van der Waals surface area contributed by atoms with Gasteiger partial charge in [0.1, 0.15) is 6.54 Å². The van der Waals surface area contributed by atoms with Crippen LogP contribution in [0.2, 0.25) is 10.0 Å². The van der Waals surface area contributed by atoms with E-state index in [2.05, 4.69) is 20.5 Å². The zero-order valence-electron chi connectivity index (χ0n) is 18.2. The normalized spacial score (nSPS) is 10.6. The second kappa shape index (κ2) is 10.5. The number of hydrogen-bond acceptors (Lipinski definition) is 5. The van der Waals surface area contributed by atoms with Crippen LogP contribution in [0.3, 0.4) is 0 Å². The smallest absolute Gasteiger partial charge is 0.325 e. The molecule has 172 valence electrons. The average Bonchev–Trinajstić information content (AvgIpc) is 3.07. The van der Waals surface area contributed by atoms with E-state index in [0.717, 1.165) is 22.6 Å². The molecule has 0 fully saturated rings. The van der Waals surface area contributed by atoms with E-state index in [4.69, 9.17) is 23.2 Å². The van der Waals surface area contributed by atoms with Crippen LogP contribution in [0.5, 0.6) is 0 Å². The number of aromatic nitrogens is 2. The predicted octanol–water partition coefficient (Wildman–Crippen LogP) is 3.88. The molecule has 3 aromatic rings. The number of rotatable bonds is 7. The third kappa shape index (κ3) is 5.91. The maximum atomic E-state index is 12.6. The van der Waals surface area contributed by atoms with Gasteiger partial charge in [-0.2, -0.15) is 5.10 Å². The van der Waals surface area contributed by atoms with Gasteiger partial charge in [-0.1, -0.05) is 23.2 Å². The number of hydrogen-bond donors (Lipinski definition) is 2. The van der Waals surface area contributed by atoms with Gasteiger partial charge in [0.15, 0.2) is 0 Å². The zero-order valence-corrected chi connectivity index (χ0v) is 19.8. The summed E-state index contributed by atoms with van der Waals surface area (Å²) in [6, 6.07) is 11.6. The fraction of sp³-hybridized carbons (Fsp3) is 0.217. The molecule has 3 rings (SSSR count). The number of carbonyl (C=O) groups excluding carboxylic acids is 3. The second-order valence-electron chi connectivity index (χ2n) is 7.22. The van der Waals surface area contributed by atoms with E-state index in [1.54, 1.807) is 47.1 Å². The summed E-state index contributed by atoms with van der Waals surface area (Å²) in [5.41, 5.74) is 3.99. The number of anilines is 1. The van der Waals surface area contributed by atoms with E-state index in [1.807, 2.05) is 13.8 Å². The Balaban J connectivity index is 1.66. The number of nitrogens with zero attached hydrogens (tertiary/aromatic N) is 2. The molecule has 33 heavy (non-hydrogen) atoms. The van der Waals surface area contributed by atoms with Crippen molar-refractivity contribution in [3.63, 3.8) is 0 Å². The highest BCUT2D eigenvalue weighted by Crippen LogP contribution is 2.26. The number of esters is 1. The van der Waals surface area contributed by atoms with Gasteiger partial charge in [0.2, 0.25) is 5.91 Å². The van der Waals surface area contributed by atoms with E-state index in [-0.39, 0.29) is 18.9 Å². The number of ether oxygens (including phenoxy) is 1. The summed E-state index contributed by atoms with van der Waals surface area (Å²) in [7, 11) is 1.24. The van der Waals surface area contributed by atoms with Crippen LogP contribution >= 0.6 is 23.2 Å². The Labute approximate surface area is 200 Å². The Kier molecular flexibility index (Phi) is 7.73. The van der Waals surface area contributed by atoms with Crippen LogP contribution in [0.4, 0.5) is 5.69 Å². The van der Waals surface area contributed by atoms with E-state index < -0.39 is 11.9 Å². The predicted molar refractivity (Wildman–Crippen MR) is 126 cm³/mol. The zero-order chi connectivity index (χ0) is 24.1. The minimum absolute atomic E-state index is 0.125. The van der Waals surface area contributed by atoms with Crippen molar-refractivity contribution < 1.29 is 19.1 Å². The van der Waals surface area contributed by atoms with Gasteiger partial charge in [0, 0.05) is 22.5 Å². The first kappa shape index (κ1) is 24.3. The number of amides is 2. The molecule has 0 atom stereocenters. The Morgan fingerprint density at radius 1 is 1.03 bits per heavy atom. The second-order valence-corrected chi connectivity index (χ2v) is 8.04. The Hall–Kier alpha value is -3.36. The van der Waals surface area contributed by atoms with Crippen molar-refractivity contribution in [1.29, 1.82) is 0 Å². The molecule has 8 nitrogen and oxygen atoms in total. The first-order valence-electron chi connectivity index (χ1n) is 9.95. The number of nitrogens with one attached hydrogen (secondary N) is 2. The molecule has 2 aromatic carbocycles. The summed E-state index contributed by atoms with van der Waals surface area (Å²) in [5, 5.41) is 10.7. The molecule has 1 aromatic heterocycles. The molecule has 0 radical (unpaired) electrons. The SMILES string of the molecule is COC(=O)CNC(=O)c1ccc(NC(=O)Cc2c(C)nn(-c3ccc(Cl)c(Cl)c3)c2C)cc1. The van der Waals surface area contributed by atoms with Crippen molar-refractivity contribution in [3.8, 4) is 5.69 Å². The van der Waals surface area contributed by atoms with Gasteiger partial charge in [-0.15, -0.1) is 0 Å². The van der Waals surface area contributed by atoms with Gasteiger partial charge in [0.05, 0.1) is 35.0 Å². The van der Waals surface area contributed by atoms with Crippen molar-refractivity contribution in [3.05, 3.63) is 75.0 Å². The van der Waals surface area contributed by atoms with E-state index in [0.29, 0.717) is 21.3 Å². The number of methoxy groups -OCH3 is 1. The Bertz CT molecular complexity index is 1210. The Morgan fingerprint density at radius 3 is 2.36 bits per heavy atom. The minimum atomic E-state index is -0.541. The van der Waals surface area contributed by atoms with E-state index in [9.17, 15) is 14.4 Å². The number of carbonyl (C=O) groups is 3. The van der Waals surface area contributed by atoms with Crippen LogP contribution in [-0.4, -0.2) is 41.2 Å². The third-order valence-corrected chi connectivity index (χ3v) is 5.72. The highest BCUT2D eigenvalue weighted by molar-refractivity contribution is 6.42. The molecule has 0 bridgehead atoms. The number of benzene rings is 2. The molecule has 1 heterocycles. The first-order valence-corrected chi connectivity index (χ1v) is 10.7. The van der Waals surface area contributed by atoms with Crippen LogP contribution in [-0.2, 0) is 20.7 Å². The fourth-order valence-electron chi connectivity index (χ4n) is 3.20. The van der Waals surface area contributed by atoms with Crippen LogP contribution in [0.15, 0.2) is 42.5 Å². The summed E-state index contributed by atoms with van der Waals surface area (Å²) >= 11 is 12.1. The van der Waals surface area contributed by atoms with E-state index >= 15 is 0 Å². The summed E-state index contributed by atoms with van der Waals surface area (Å²) in [5.74, 6) is -1.18. The summed E-state index contributed by atoms with van der Waals surface area (Å²) in [6.45, 7) is 3.50. The maximum Gasteiger partial charge on any atom is 0.325 e. The standard InChI is InChI=1S/C23H22Cl2N4O4/c1-13-18(14(2)29(28-13)17-8-9-19(24)20(25)10-17)11-21(30)27-16-6-4-15(5-7-16)23(32)26-12-22(31)33-3/h4-10H,11-12H2,1-3H3,(H,26,32)(H,27,30). The van der Waals surface area contributed by atoms with Crippen molar-refractivity contribution in [2.75, 3.05) is 19.0 Å². The lowest BCUT2D eigenvalue weighted by molar-refractivity contribution is -0.139. The molecule has 0 saturated carbocycles. The highest BCUT2D eigenvalue weighted by atomic mass is 35.5. The molecule has 2 amide bonds. The monoisotopic (exact) mass is 488 g/mol. The number of halogens is 2. The van der Waals surface area contributed by atoms with Crippen molar-refractivity contribution >= 4 is 46.7 Å². The van der Waals surface area contributed by atoms with Crippen LogP contribution < -0.4 is 10.6 Å². The maximum absolute atomic E-state index is 12.6. The average molecular weight is 489 g/mol. The van der Waals surface area contributed by atoms with E-state index in [1.165, 1.54) is 7.11 Å². The van der Waals surface area contributed by atoms with Crippen LogP contribution in [0.25, 0.3) is 5.69 Å². The van der Waals surface area contributed by atoms with Crippen molar-refractivity contribution in [2.24, 2.45) is 0 Å². The topological polar surface area (TPSA) is 102 Å². The van der Waals surface area contributed by atoms with Crippen molar-refractivity contribution in [1.82, 2.24) is 15.1 Å². The molecule has 0 aliphatic heterocycles. The lowest BCUT2D eigenvalue weighted by Crippen LogP contribution is -2.30. The van der Waals surface area contributed by atoms with Gasteiger partial charge in [-0.25, -0.2) is 4.68 Å². The van der Waals surface area contributed by atoms with Gasteiger partial charge in [-0.3, -0.25) is 14.4 Å². The van der Waals surface area contributed by atoms with Crippen molar-refractivity contribution in [2.45, 2.75) is 20.3 Å². The highest BCUT2D eigenvalue weighted by Gasteiger charge is 2.17. The molecule has 0 aliphatic rings. The lowest BCUT2D eigenvalue weighted by atomic mass is 10.1. The van der Waals surface area contributed by atoms with Gasteiger partial charge < -0.3 is 15.4 Å². The Morgan fingerprint density at radius 2 is 1.73 bits per heavy atom. The quantitative estimate of drug-likeness (QED) is 0.491. The minimum Gasteiger partial charge on any atom is -0.468 e. The fourth-order valence-corrected chi connectivity index (χ4v) is 3.49.